The van der Waals surface area contributed by atoms with Crippen molar-refractivity contribution in [3.05, 3.63) is 23.8 Å². The molecule has 1 N–H and O–H groups in total. The summed E-state index contributed by atoms with van der Waals surface area (Å²) in [7, 11) is 1.72. The van der Waals surface area contributed by atoms with E-state index < -0.39 is 5.97 Å². The van der Waals surface area contributed by atoms with Gasteiger partial charge in [0.1, 0.15) is 11.9 Å². The lowest BCUT2D eigenvalue weighted by molar-refractivity contribution is 0.0696. The van der Waals surface area contributed by atoms with E-state index in [1.54, 1.807) is 11.7 Å². The largest absolute Gasteiger partial charge is 0.478 e. The number of aromatic nitrogens is 4. The van der Waals surface area contributed by atoms with Crippen LogP contribution in [-0.2, 0) is 12.8 Å². The Bertz CT molecular complexity index is 494. The van der Waals surface area contributed by atoms with Crippen molar-refractivity contribution in [2.45, 2.75) is 10.1 Å². The maximum Gasteiger partial charge on any atom is 0.339 e. The van der Waals surface area contributed by atoms with E-state index >= 15 is 0 Å². The van der Waals surface area contributed by atoms with Crippen molar-refractivity contribution >= 4 is 29.3 Å². The summed E-state index contributed by atoms with van der Waals surface area (Å²) in [5, 5.41) is 12.9. The highest BCUT2D eigenvalue weighted by molar-refractivity contribution is 8.00. The van der Waals surface area contributed by atoms with Gasteiger partial charge in [-0.3, -0.25) is 4.68 Å². The number of nitrogens with zero attached hydrogens (tertiary/aromatic N) is 4. The third kappa shape index (κ3) is 2.22. The Morgan fingerprint density at radius 1 is 1.69 bits per heavy atom. The molecule has 2 heterocycles. The van der Waals surface area contributed by atoms with E-state index in [1.165, 1.54) is 35.8 Å². The summed E-state index contributed by atoms with van der Waals surface area (Å²) < 4.78 is 6.26. The molecule has 0 fully saturated rings. The van der Waals surface area contributed by atoms with Gasteiger partial charge in [0.05, 0.1) is 11.9 Å². The van der Waals surface area contributed by atoms with Crippen molar-refractivity contribution in [1.82, 2.24) is 19.1 Å². The van der Waals surface area contributed by atoms with Gasteiger partial charge in [0.25, 0.3) is 0 Å². The predicted molar refractivity (Wildman–Crippen MR) is 59.6 cm³/mol. The fourth-order valence-corrected chi connectivity index (χ4v) is 2.69. The monoisotopic (exact) mass is 256 g/mol. The van der Waals surface area contributed by atoms with Gasteiger partial charge in [-0.15, -0.1) is 0 Å². The summed E-state index contributed by atoms with van der Waals surface area (Å²) in [6.45, 7) is 0. The van der Waals surface area contributed by atoms with Gasteiger partial charge in [-0.2, -0.15) is 9.47 Å². The Morgan fingerprint density at radius 2 is 2.50 bits per heavy atom. The summed E-state index contributed by atoms with van der Waals surface area (Å²) in [4.78, 5) is 14.9. The van der Waals surface area contributed by atoms with E-state index in [9.17, 15) is 4.79 Å². The molecule has 0 atom stereocenters. The Labute approximate surface area is 99.5 Å². The number of carboxylic acids is 1. The van der Waals surface area contributed by atoms with Crippen molar-refractivity contribution < 1.29 is 9.90 Å². The Balaban J connectivity index is 2.14. The van der Waals surface area contributed by atoms with Crippen LogP contribution in [0, 0.1) is 0 Å². The van der Waals surface area contributed by atoms with Gasteiger partial charge in [-0.05, 0) is 11.5 Å². The number of thioether (sulfide) groups is 1. The zero-order valence-electron chi connectivity index (χ0n) is 8.32. The van der Waals surface area contributed by atoms with Gasteiger partial charge >= 0.3 is 5.97 Å². The zero-order valence-corrected chi connectivity index (χ0v) is 9.96. The quantitative estimate of drug-likeness (QED) is 0.829. The number of carboxylic acid groups (broad SMARTS) is 1. The Hall–Kier alpha value is -1.41. The molecule has 0 aliphatic heterocycles. The van der Waals surface area contributed by atoms with Crippen LogP contribution in [0.25, 0.3) is 0 Å². The van der Waals surface area contributed by atoms with E-state index in [0.29, 0.717) is 11.4 Å². The van der Waals surface area contributed by atoms with Crippen molar-refractivity contribution in [3.63, 3.8) is 0 Å². The summed E-state index contributed by atoms with van der Waals surface area (Å²) >= 11 is 2.74. The van der Waals surface area contributed by atoms with E-state index in [2.05, 4.69) is 14.5 Å². The lowest BCUT2D eigenvalue weighted by atomic mass is 10.3. The average molecular weight is 256 g/mol. The third-order valence-corrected chi connectivity index (χ3v) is 3.77. The number of rotatable bonds is 4. The van der Waals surface area contributed by atoms with E-state index in [1.807, 2.05) is 0 Å². The van der Waals surface area contributed by atoms with Crippen molar-refractivity contribution in [1.29, 1.82) is 0 Å². The SMILES string of the molecule is Cn1ncc(C(=O)O)c1CSc1ncns1. The van der Waals surface area contributed by atoms with Crippen molar-refractivity contribution in [2.75, 3.05) is 0 Å². The molecule has 6 nitrogen and oxygen atoms in total. The Kier molecular flexibility index (Phi) is 3.20. The van der Waals surface area contributed by atoms with Crippen LogP contribution in [0.1, 0.15) is 16.1 Å². The van der Waals surface area contributed by atoms with Gasteiger partial charge in [-0.25, -0.2) is 9.78 Å². The first kappa shape index (κ1) is 11.1. The van der Waals surface area contributed by atoms with Crippen LogP contribution in [0.4, 0.5) is 0 Å². The lowest BCUT2D eigenvalue weighted by Gasteiger charge is -2.01. The first-order chi connectivity index (χ1) is 7.68. The molecule has 0 amide bonds. The molecule has 0 radical (unpaired) electrons. The highest BCUT2D eigenvalue weighted by Gasteiger charge is 2.15. The van der Waals surface area contributed by atoms with Crippen molar-refractivity contribution in [3.8, 4) is 0 Å². The topological polar surface area (TPSA) is 80.9 Å². The summed E-state index contributed by atoms with van der Waals surface area (Å²) in [5.74, 6) is -0.436. The first-order valence-electron chi connectivity index (χ1n) is 4.32. The molecular weight excluding hydrogens is 248 g/mol. The second-order valence-corrected chi connectivity index (χ2v) is 4.93. The number of aromatic carboxylic acids is 1. The lowest BCUT2D eigenvalue weighted by Crippen LogP contribution is -2.03. The molecule has 0 aliphatic rings. The molecule has 84 valence electrons. The van der Waals surface area contributed by atoms with Crippen LogP contribution >= 0.6 is 23.3 Å². The third-order valence-electron chi connectivity index (χ3n) is 1.97. The zero-order chi connectivity index (χ0) is 11.5. The maximum atomic E-state index is 10.9. The second kappa shape index (κ2) is 4.62. The van der Waals surface area contributed by atoms with Crippen LogP contribution in [-0.4, -0.2) is 30.2 Å². The molecule has 0 unspecified atom stereocenters. The number of hydrogen-bond donors (Lipinski definition) is 1. The summed E-state index contributed by atoms with van der Waals surface area (Å²) in [6, 6.07) is 0. The Morgan fingerprint density at radius 3 is 3.12 bits per heavy atom. The summed E-state index contributed by atoms with van der Waals surface area (Å²) in [5.41, 5.74) is 0.909. The molecule has 16 heavy (non-hydrogen) atoms. The van der Waals surface area contributed by atoms with E-state index in [4.69, 9.17) is 5.11 Å². The number of hydrogen-bond acceptors (Lipinski definition) is 6. The fraction of sp³-hybridized carbons (Fsp3) is 0.250. The van der Waals surface area contributed by atoms with Gasteiger partial charge in [-0.1, -0.05) is 11.8 Å². The molecule has 2 rings (SSSR count). The van der Waals surface area contributed by atoms with Crippen LogP contribution in [0.3, 0.4) is 0 Å². The van der Waals surface area contributed by atoms with Crippen LogP contribution < -0.4 is 0 Å². The van der Waals surface area contributed by atoms with Gasteiger partial charge in [0.2, 0.25) is 0 Å². The molecule has 8 heteroatoms. The first-order valence-corrected chi connectivity index (χ1v) is 6.08. The molecule has 0 spiro atoms. The van der Waals surface area contributed by atoms with Gasteiger partial charge in [0, 0.05) is 12.8 Å². The number of carbonyl (C=O) groups is 1. The average Bonchev–Trinajstić information content (AvgIpc) is 2.84. The van der Waals surface area contributed by atoms with Gasteiger partial charge in [0.15, 0.2) is 4.34 Å². The molecule has 0 saturated carbocycles. The van der Waals surface area contributed by atoms with E-state index in [0.717, 1.165) is 4.34 Å². The standard InChI is InChI=1S/C8H8N4O2S2/c1-12-6(5(2-10-12)7(13)14)3-15-8-9-4-11-16-8/h2,4H,3H2,1H3,(H,13,14). The molecule has 0 aliphatic carbocycles. The molecule has 0 bridgehead atoms. The second-order valence-electron chi connectivity index (χ2n) is 2.93. The van der Waals surface area contributed by atoms with E-state index in [-0.39, 0.29) is 5.56 Å². The fourth-order valence-electron chi connectivity index (χ4n) is 1.17. The molecule has 2 aromatic heterocycles. The van der Waals surface area contributed by atoms with Gasteiger partial charge < -0.3 is 5.11 Å². The van der Waals surface area contributed by atoms with Crippen LogP contribution in [0.15, 0.2) is 16.9 Å². The number of aryl methyl sites for hydroxylation is 1. The molecule has 2 aromatic rings. The molecule has 0 aromatic carbocycles. The summed E-state index contributed by atoms with van der Waals surface area (Å²) in [6.07, 6.45) is 2.84. The highest BCUT2D eigenvalue weighted by Crippen LogP contribution is 2.24. The highest BCUT2D eigenvalue weighted by atomic mass is 32.2. The minimum Gasteiger partial charge on any atom is -0.478 e. The minimum atomic E-state index is -0.957. The van der Waals surface area contributed by atoms with Crippen molar-refractivity contribution in [2.24, 2.45) is 7.05 Å². The minimum absolute atomic E-state index is 0.236. The molecule has 0 saturated heterocycles. The normalized spacial score (nSPS) is 10.6. The molecular formula is C8H8N4O2S2. The van der Waals surface area contributed by atoms with Crippen LogP contribution in [0.5, 0.6) is 0 Å². The smallest absolute Gasteiger partial charge is 0.339 e. The van der Waals surface area contributed by atoms with Crippen LogP contribution in [0.2, 0.25) is 0 Å². The predicted octanol–water partition coefficient (Wildman–Crippen LogP) is 1.26. The maximum absolute atomic E-state index is 10.9.